The fourth-order valence-corrected chi connectivity index (χ4v) is 4.19. The summed E-state index contributed by atoms with van der Waals surface area (Å²) in [5.41, 5.74) is 9.38. The minimum Gasteiger partial charge on any atom is -0.497 e. The number of thioether (sulfide) groups is 1. The smallest absolute Gasteiger partial charge is 0.177 e. The highest BCUT2D eigenvalue weighted by molar-refractivity contribution is 8.14. The Hall–Kier alpha value is -2.21. The number of hydrogen-bond acceptors (Lipinski definition) is 4. The van der Waals surface area contributed by atoms with Gasteiger partial charge in [0.2, 0.25) is 0 Å². The summed E-state index contributed by atoms with van der Waals surface area (Å²) < 4.78 is 7.63. The molecule has 1 aliphatic heterocycles. The van der Waals surface area contributed by atoms with Gasteiger partial charge in [0.1, 0.15) is 5.75 Å². The third-order valence-electron chi connectivity index (χ3n) is 5.15. The highest BCUT2D eigenvalue weighted by Gasteiger charge is 2.23. The van der Waals surface area contributed by atoms with Crippen molar-refractivity contribution >= 4 is 22.6 Å². The number of nitrogens with zero attached hydrogens (tertiary/aromatic N) is 3. The fraction of sp³-hybridized carbons (Fsp3) is 0.429. The first kappa shape index (κ1) is 18.2. The molecule has 0 amide bonds. The zero-order chi connectivity index (χ0) is 18.8. The van der Waals surface area contributed by atoms with Crippen LogP contribution in [0, 0.1) is 13.8 Å². The first-order valence-corrected chi connectivity index (χ1v) is 10.5. The van der Waals surface area contributed by atoms with Crippen LogP contribution in [0.25, 0.3) is 0 Å². The lowest BCUT2D eigenvalue weighted by Gasteiger charge is -2.15. The van der Waals surface area contributed by atoms with Crippen LogP contribution in [0.1, 0.15) is 35.4 Å². The lowest BCUT2D eigenvalue weighted by atomic mass is 10.1. The van der Waals surface area contributed by atoms with Gasteiger partial charge in [-0.25, -0.2) is 0 Å². The van der Waals surface area contributed by atoms with E-state index >= 15 is 0 Å². The number of hydrazone groups is 1. The van der Waals surface area contributed by atoms with Gasteiger partial charge in [0.05, 0.1) is 18.9 Å². The number of rotatable bonds is 6. The van der Waals surface area contributed by atoms with E-state index in [0.717, 1.165) is 35.3 Å². The van der Waals surface area contributed by atoms with E-state index in [1.807, 2.05) is 12.1 Å². The molecule has 0 unspecified atom stereocenters. The van der Waals surface area contributed by atoms with Crippen LogP contribution in [-0.4, -0.2) is 34.4 Å². The summed E-state index contributed by atoms with van der Waals surface area (Å²) in [6, 6.07) is 11.1. The zero-order valence-electron chi connectivity index (χ0n) is 16.2. The second-order valence-electron chi connectivity index (χ2n) is 7.16. The Morgan fingerprint density at radius 2 is 2.04 bits per heavy atom. The molecular formula is C21H26N4OS. The molecule has 1 N–H and O–H groups in total. The summed E-state index contributed by atoms with van der Waals surface area (Å²) in [5.74, 6) is 1.78. The molecular weight excluding hydrogens is 356 g/mol. The quantitative estimate of drug-likeness (QED) is 0.824. The van der Waals surface area contributed by atoms with Crippen LogP contribution in [-0.2, 0) is 13.0 Å². The maximum absolute atomic E-state index is 5.24. The molecule has 0 bridgehead atoms. The van der Waals surface area contributed by atoms with Gasteiger partial charge < -0.3 is 9.30 Å². The van der Waals surface area contributed by atoms with E-state index in [9.17, 15) is 0 Å². The van der Waals surface area contributed by atoms with Crippen LogP contribution in [0.15, 0.2) is 40.4 Å². The maximum Gasteiger partial charge on any atom is 0.177 e. The first-order valence-electron chi connectivity index (χ1n) is 9.47. The maximum atomic E-state index is 5.24. The van der Waals surface area contributed by atoms with Crippen LogP contribution >= 0.6 is 11.8 Å². The van der Waals surface area contributed by atoms with Gasteiger partial charge in [-0.05, 0) is 56.9 Å². The van der Waals surface area contributed by atoms with Crippen LogP contribution in [0.4, 0.5) is 0 Å². The van der Waals surface area contributed by atoms with Gasteiger partial charge >= 0.3 is 0 Å². The number of aliphatic imine (C=N–C) groups is 1. The molecule has 4 rings (SSSR count). The topological polar surface area (TPSA) is 50.9 Å². The van der Waals surface area contributed by atoms with Crippen LogP contribution < -0.4 is 10.2 Å². The standard InChI is InChI=1S/C21H26N4OS/c1-14-12-19(20-13-27-21(24-23-20)22-17-6-7-17)15(2)25(14)11-10-16-4-8-18(26-3)9-5-16/h4-5,8-9,12,17H,6-7,10-11,13H2,1-3H3,(H,22,24). The molecule has 1 aliphatic carbocycles. The molecule has 1 fully saturated rings. The number of hydrogen-bond donors (Lipinski definition) is 1. The lowest BCUT2D eigenvalue weighted by molar-refractivity contribution is 0.414. The molecule has 27 heavy (non-hydrogen) atoms. The van der Waals surface area contributed by atoms with Gasteiger partial charge in [0.25, 0.3) is 0 Å². The van der Waals surface area contributed by atoms with Gasteiger partial charge in [-0.3, -0.25) is 10.4 Å². The molecule has 0 radical (unpaired) electrons. The summed E-state index contributed by atoms with van der Waals surface area (Å²) in [7, 11) is 1.70. The van der Waals surface area contributed by atoms with Gasteiger partial charge in [-0.1, -0.05) is 23.9 Å². The third kappa shape index (κ3) is 4.21. The number of methoxy groups -OCH3 is 1. The van der Waals surface area contributed by atoms with Crippen molar-refractivity contribution < 1.29 is 4.74 Å². The predicted octanol–water partition coefficient (Wildman–Crippen LogP) is 3.92. The van der Waals surface area contributed by atoms with Crippen molar-refractivity contribution in [2.75, 3.05) is 12.9 Å². The summed E-state index contributed by atoms with van der Waals surface area (Å²) in [6.45, 7) is 5.33. The predicted molar refractivity (Wildman–Crippen MR) is 113 cm³/mol. The van der Waals surface area contributed by atoms with E-state index in [1.165, 1.54) is 35.4 Å². The highest BCUT2D eigenvalue weighted by atomic mass is 32.2. The summed E-state index contributed by atoms with van der Waals surface area (Å²) in [5, 5.41) is 5.57. The summed E-state index contributed by atoms with van der Waals surface area (Å²) in [4.78, 5) is 4.64. The lowest BCUT2D eigenvalue weighted by Crippen LogP contribution is -2.26. The molecule has 2 aliphatic rings. The Kier molecular flexibility index (Phi) is 5.25. The molecule has 5 nitrogen and oxygen atoms in total. The molecule has 142 valence electrons. The second kappa shape index (κ2) is 7.80. The first-order chi connectivity index (χ1) is 13.1. The number of aryl methyl sites for hydroxylation is 2. The molecule has 2 heterocycles. The van der Waals surface area contributed by atoms with Crippen LogP contribution in [0.2, 0.25) is 0 Å². The van der Waals surface area contributed by atoms with E-state index in [1.54, 1.807) is 18.9 Å². The molecule has 6 heteroatoms. The van der Waals surface area contributed by atoms with Gasteiger partial charge in [0.15, 0.2) is 5.17 Å². The average Bonchev–Trinajstić information content (AvgIpc) is 3.46. The molecule has 1 aromatic heterocycles. The highest BCUT2D eigenvalue weighted by Crippen LogP contribution is 2.26. The van der Waals surface area contributed by atoms with Crippen molar-refractivity contribution in [2.45, 2.75) is 45.7 Å². The molecule has 1 aromatic carbocycles. The fourth-order valence-electron chi connectivity index (χ4n) is 3.36. The van der Waals surface area contributed by atoms with Crippen molar-refractivity contribution in [3.63, 3.8) is 0 Å². The van der Waals surface area contributed by atoms with Crippen molar-refractivity contribution in [1.29, 1.82) is 0 Å². The van der Waals surface area contributed by atoms with Crippen molar-refractivity contribution in [2.24, 2.45) is 10.1 Å². The number of aromatic nitrogens is 1. The number of amidine groups is 1. The van der Waals surface area contributed by atoms with Crippen molar-refractivity contribution in [3.8, 4) is 5.75 Å². The number of ether oxygens (including phenoxy) is 1. The Labute approximate surface area is 164 Å². The van der Waals surface area contributed by atoms with Crippen LogP contribution in [0.3, 0.4) is 0 Å². The average molecular weight is 383 g/mol. The zero-order valence-corrected chi connectivity index (χ0v) is 17.0. The molecule has 0 atom stereocenters. The van der Waals surface area contributed by atoms with E-state index in [2.05, 4.69) is 52.1 Å². The third-order valence-corrected chi connectivity index (χ3v) is 6.03. The van der Waals surface area contributed by atoms with Gasteiger partial charge in [-0.2, -0.15) is 5.10 Å². The summed E-state index contributed by atoms with van der Waals surface area (Å²) in [6.07, 6.45) is 3.44. The number of benzene rings is 1. The minimum atomic E-state index is 0.528. The van der Waals surface area contributed by atoms with Crippen molar-refractivity contribution in [3.05, 3.63) is 52.8 Å². The summed E-state index contributed by atoms with van der Waals surface area (Å²) >= 11 is 1.76. The van der Waals surface area contributed by atoms with E-state index in [-0.39, 0.29) is 0 Å². The van der Waals surface area contributed by atoms with Gasteiger partial charge in [0, 0.05) is 29.2 Å². The molecule has 1 saturated carbocycles. The molecule has 0 spiro atoms. The Bertz CT molecular complexity index is 878. The Morgan fingerprint density at radius 3 is 2.67 bits per heavy atom. The van der Waals surface area contributed by atoms with E-state index < -0.39 is 0 Å². The van der Waals surface area contributed by atoms with Crippen molar-refractivity contribution in [1.82, 2.24) is 9.99 Å². The van der Waals surface area contributed by atoms with Gasteiger partial charge in [-0.15, -0.1) is 0 Å². The number of nitrogens with one attached hydrogen (secondary N) is 1. The van der Waals surface area contributed by atoms with Crippen LogP contribution in [0.5, 0.6) is 5.75 Å². The normalized spacial score (nSPS) is 18.3. The van der Waals surface area contributed by atoms with E-state index in [0.29, 0.717) is 6.04 Å². The monoisotopic (exact) mass is 382 g/mol. The minimum absolute atomic E-state index is 0.528. The van der Waals surface area contributed by atoms with E-state index in [4.69, 9.17) is 4.74 Å². The molecule has 0 saturated heterocycles. The molecule has 2 aromatic rings. The Morgan fingerprint density at radius 1 is 1.26 bits per heavy atom. The SMILES string of the molecule is COc1ccc(CCn2c(C)cc(C3=NNC(=NC4CC4)SC3)c2C)cc1. The second-order valence-corrected chi connectivity index (χ2v) is 8.12. The Balaban J connectivity index is 1.45. The largest absolute Gasteiger partial charge is 0.497 e.